The maximum atomic E-state index is 12.0. The smallest absolute Gasteiger partial charge is 0.251 e. The van der Waals surface area contributed by atoms with E-state index in [-0.39, 0.29) is 11.3 Å². The molecule has 2 aromatic rings. The van der Waals surface area contributed by atoms with Gasteiger partial charge in [0, 0.05) is 10.6 Å². The van der Waals surface area contributed by atoms with Gasteiger partial charge in [-0.15, -0.1) is 0 Å². The van der Waals surface area contributed by atoms with Gasteiger partial charge < -0.3 is 10.1 Å². The fourth-order valence-corrected chi connectivity index (χ4v) is 2.37. The molecule has 122 valence electrons. The summed E-state index contributed by atoms with van der Waals surface area (Å²) in [6, 6.07) is 14.8. The maximum Gasteiger partial charge on any atom is 0.251 e. The molecule has 1 N–H and O–H groups in total. The number of carbonyl (C=O) groups excluding carboxylic acids is 1. The summed E-state index contributed by atoms with van der Waals surface area (Å²) in [4.78, 5) is 12.0. The Kier molecular flexibility index (Phi) is 5.67. The molecule has 0 fully saturated rings. The van der Waals surface area contributed by atoms with Crippen LogP contribution in [0.3, 0.4) is 0 Å². The molecule has 0 saturated heterocycles. The lowest BCUT2D eigenvalue weighted by Gasteiger charge is -2.22. The van der Waals surface area contributed by atoms with Crippen molar-refractivity contribution in [1.29, 1.82) is 0 Å². The van der Waals surface area contributed by atoms with Crippen LogP contribution in [0.4, 0.5) is 0 Å². The van der Waals surface area contributed by atoms with Gasteiger partial charge in [-0.3, -0.25) is 4.79 Å². The largest absolute Gasteiger partial charge is 0.491 e. The van der Waals surface area contributed by atoms with Crippen molar-refractivity contribution in [2.75, 3.05) is 13.2 Å². The molecule has 0 aliphatic rings. The SMILES string of the molecule is CC(C)(C)c1ccccc1OCCNC(=O)c1ccc(Cl)cc1. The second kappa shape index (κ2) is 7.51. The molecule has 0 radical (unpaired) electrons. The Labute approximate surface area is 142 Å². The third-order valence-corrected chi connectivity index (χ3v) is 3.70. The van der Waals surface area contributed by atoms with Gasteiger partial charge in [-0.2, -0.15) is 0 Å². The summed E-state index contributed by atoms with van der Waals surface area (Å²) in [5, 5.41) is 3.45. The van der Waals surface area contributed by atoms with Crippen LogP contribution in [0, 0.1) is 0 Å². The number of halogens is 1. The zero-order valence-electron chi connectivity index (χ0n) is 13.7. The Morgan fingerprint density at radius 2 is 1.74 bits per heavy atom. The summed E-state index contributed by atoms with van der Waals surface area (Å²) >= 11 is 5.81. The number of para-hydroxylation sites is 1. The van der Waals surface area contributed by atoms with E-state index in [0.717, 1.165) is 11.3 Å². The summed E-state index contributed by atoms with van der Waals surface area (Å²) in [5.74, 6) is 0.732. The highest BCUT2D eigenvalue weighted by Gasteiger charge is 2.18. The average Bonchev–Trinajstić information content (AvgIpc) is 2.51. The molecule has 0 unspecified atom stereocenters. The predicted octanol–water partition coefficient (Wildman–Crippen LogP) is 4.45. The van der Waals surface area contributed by atoms with Crippen molar-refractivity contribution in [2.24, 2.45) is 0 Å². The van der Waals surface area contributed by atoms with E-state index in [9.17, 15) is 4.79 Å². The molecule has 23 heavy (non-hydrogen) atoms. The van der Waals surface area contributed by atoms with Crippen LogP contribution in [0.25, 0.3) is 0 Å². The molecule has 3 nitrogen and oxygen atoms in total. The van der Waals surface area contributed by atoms with Gasteiger partial charge in [0.25, 0.3) is 5.91 Å². The molecule has 1 amide bonds. The number of hydrogen-bond donors (Lipinski definition) is 1. The second-order valence-electron chi connectivity index (χ2n) is 6.36. The number of carbonyl (C=O) groups is 1. The van der Waals surface area contributed by atoms with Gasteiger partial charge >= 0.3 is 0 Å². The number of ether oxygens (including phenoxy) is 1. The summed E-state index contributed by atoms with van der Waals surface area (Å²) in [6.45, 7) is 7.32. The molecule has 0 heterocycles. The second-order valence-corrected chi connectivity index (χ2v) is 6.79. The van der Waals surface area contributed by atoms with E-state index in [2.05, 4.69) is 32.2 Å². The summed E-state index contributed by atoms with van der Waals surface area (Å²) in [6.07, 6.45) is 0. The van der Waals surface area contributed by atoms with Gasteiger partial charge in [0.2, 0.25) is 0 Å². The third kappa shape index (κ3) is 5.00. The Bertz CT molecular complexity index is 660. The Morgan fingerprint density at radius 1 is 1.09 bits per heavy atom. The van der Waals surface area contributed by atoms with Crippen LogP contribution < -0.4 is 10.1 Å². The molecular weight excluding hydrogens is 310 g/mol. The maximum absolute atomic E-state index is 12.0. The van der Waals surface area contributed by atoms with E-state index >= 15 is 0 Å². The lowest BCUT2D eigenvalue weighted by Crippen LogP contribution is -2.28. The quantitative estimate of drug-likeness (QED) is 0.822. The molecule has 0 aromatic heterocycles. The van der Waals surface area contributed by atoms with Crippen molar-refractivity contribution in [3.05, 3.63) is 64.7 Å². The fraction of sp³-hybridized carbons (Fsp3) is 0.316. The van der Waals surface area contributed by atoms with Gasteiger partial charge in [-0.05, 0) is 41.3 Å². The van der Waals surface area contributed by atoms with E-state index in [0.29, 0.717) is 23.7 Å². The summed E-state index contributed by atoms with van der Waals surface area (Å²) < 4.78 is 5.83. The van der Waals surface area contributed by atoms with Crippen molar-refractivity contribution in [3.63, 3.8) is 0 Å². The van der Waals surface area contributed by atoms with E-state index in [4.69, 9.17) is 16.3 Å². The zero-order chi connectivity index (χ0) is 16.9. The standard InChI is InChI=1S/C19H22ClNO2/c1-19(2,3)16-6-4-5-7-17(16)23-13-12-21-18(22)14-8-10-15(20)11-9-14/h4-11H,12-13H2,1-3H3,(H,21,22). The molecule has 0 saturated carbocycles. The molecule has 2 rings (SSSR count). The van der Waals surface area contributed by atoms with Gasteiger partial charge in [0.1, 0.15) is 12.4 Å². The van der Waals surface area contributed by atoms with Crippen LogP contribution in [-0.4, -0.2) is 19.1 Å². The molecule has 0 atom stereocenters. The molecule has 4 heteroatoms. The van der Waals surface area contributed by atoms with Crippen molar-refractivity contribution in [3.8, 4) is 5.75 Å². The van der Waals surface area contributed by atoms with E-state index in [1.54, 1.807) is 24.3 Å². The summed E-state index contributed by atoms with van der Waals surface area (Å²) in [7, 11) is 0. The highest BCUT2D eigenvalue weighted by molar-refractivity contribution is 6.30. The van der Waals surface area contributed by atoms with E-state index in [1.807, 2.05) is 18.2 Å². The predicted molar refractivity (Wildman–Crippen MR) is 94.4 cm³/mol. The third-order valence-electron chi connectivity index (χ3n) is 3.45. The number of nitrogens with one attached hydrogen (secondary N) is 1. The van der Waals surface area contributed by atoms with Crippen molar-refractivity contribution >= 4 is 17.5 Å². The van der Waals surface area contributed by atoms with E-state index in [1.165, 1.54) is 0 Å². The van der Waals surface area contributed by atoms with Crippen LogP contribution in [0.2, 0.25) is 5.02 Å². The molecular formula is C19H22ClNO2. The van der Waals surface area contributed by atoms with Crippen molar-refractivity contribution < 1.29 is 9.53 Å². The Hall–Kier alpha value is -2.00. The first-order valence-electron chi connectivity index (χ1n) is 7.64. The van der Waals surface area contributed by atoms with Crippen LogP contribution in [0.5, 0.6) is 5.75 Å². The number of rotatable bonds is 5. The fourth-order valence-electron chi connectivity index (χ4n) is 2.24. The highest BCUT2D eigenvalue weighted by Crippen LogP contribution is 2.30. The molecule has 0 aliphatic carbocycles. The Morgan fingerprint density at radius 3 is 2.39 bits per heavy atom. The lowest BCUT2D eigenvalue weighted by atomic mass is 9.86. The van der Waals surface area contributed by atoms with Crippen LogP contribution in [0.15, 0.2) is 48.5 Å². The highest BCUT2D eigenvalue weighted by atomic mass is 35.5. The van der Waals surface area contributed by atoms with Crippen molar-refractivity contribution in [2.45, 2.75) is 26.2 Å². The van der Waals surface area contributed by atoms with E-state index < -0.39 is 0 Å². The van der Waals surface area contributed by atoms with Crippen LogP contribution in [-0.2, 0) is 5.41 Å². The van der Waals surface area contributed by atoms with Gasteiger partial charge in [0.05, 0.1) is 6.54 Å². The minimum absolute atomic E-state index is 0.0170. The zero-order valence-corrected chi connectivity index (χ0v) is 14.5. The van der Waals surface area contributed by atoms with Gasteiger partial charge in [-0.1, -0.05) is 50.6 Å². The van der Waals surface area contributed by atoms with Gasteiger partial charge in [-0.25, -0.2) is 0 Å². The molecule has 0 spiro atoms. The molecule has 0 aliphatic heterocycles. The van der Waals surface area contributed by atoms with Crippen LogP contribution in [0.1, 0.15) is 36.7 Å². The normalized spacial score (nSPS) is 11.1. The Balaban J connectivity index is 1.86. The minimum Gasteiger partial charge on any atom is -0.491 e. The van der Waals surface area contributed by atoms with Crippen LogP contribution >= 0.6 is 11.6 Å². The first kappa shape index (κ1) is 17.4. The monoisotopic (exact) mass is 331 g/mol. The minimum atomic E-state index is -0.130. The number of amides is 1. The number of hydrogen-bond acceptors (Lipinski definition) is 2. The summed E-state index contributed by atoms with van der Waals surface area (Å²) in [5.41, 5.74) is 1.76. The first-order chi connectivity index (χ1) is 10.9. The van der Waals surface area contributed by atoms with Gasteiger partial charge in [0.15, 0.2) is 0 Å². The number of benzene rings is 2. The first-order valence-corrected chi connectivity index (χ1v) is 8.02. The molecule has 2 aromatic carbocycles. The average molecular weight is 332 g/mol. The lowest BCUT2D eigenvalue weighted by molar-refractivity contribution is 0.0947. The van der Waals surface area contributed by atoms with Crippen molar-refractivity contribution in [1.82, 2.24) is 5.32 Å². The molecule has 0 bridgehead atoms. The topological polar surface area (TPSA) is 38.3 Å².